The minimum absolute atomic E-state index is 0. The molecule has 0 aliphatic carbocycles. The molecule has 0 amide bonds. The molecular formula is C11H22NY-. The van der Waals surface area contributed by atoms with Gasteiger partial charge in [-0.05, 0) is 5.41 Å². The summed E-state index contributed by atoms with van der Waals surface area (Å²) in [4.78, 5) is 0. The standard InChI is InChI=1S/C11H22N.Y/c1-9(2)7-10(3,4)12-11(5,6)8-9;/h7-8H2,1-6H3;/q-1;. The van der Waals surface area contributed by atoms with Crippen molar-refractivity contribution in [3.63, 3.8) is 0 Å². The van der Waals surface area contributed by atoms with Crippen molar-refractivity contribution in [2.24, 2.45) is 5.41 Å². The van der Waals surface area contributed by atoms with Gasteiger partial charge >= 0.3 is 0 Å². The fourth-order valence-corrected chi connectivity index (χ4v) is 3.30. The first-order valence-electron chi connectivity index (χ1n) is 4.86. The van der Waals surface area contributed by atoms with Gasteiger partial charge in [0, 0.05) is 32.7 Å². The summed E-state index contributed by atoms with van der Waals surface area (Å²) in [7, 11) is 0. The number of piperidine rings is 1. The third-order valence-electron chi connectivity index (χ3n) is 2.43. The van der Waals surface area contributed by atoms with Crippen molar-refractivity contribution in [2.45, 2.75) is 65.5 Å². The molecule has 1 rings (SSSR count). The van der Waals surface area contributed by atoms with E-state index >= 15 is 0 Å². The third-order valence-corrected chi connectivity index (χ3v) is 2.43. The van der Waals surface area contributed by atoms with E-state index in [0.29, 0.717) is 5.41 Å². The van der Waals surface area contributed by atoms with Gasteiger partial charge in [-0.3, -0.25) is 0 Å². The monoisotopic (exact) mass is 257 g/mol. The molecule has 1 radical (unpaired) electrons. The molecule has 0 aromatic rings. The van der Waals surface area contributed by atoms with E-state index in [4.69, 9.17) is 5.32 Å². The van der Waals surface area contributed by atoms with Crippen LogP contribution in [0.3, 0.4) is 0 Å². The van der Waals surface area contributed by atoms with Gasteiger partial charge in [-0.1, -0.05) is 54.4 Å². The van der Waals surface area contributed by atoms with Crippen LogP contribution in [0, 0.1) is 5.41 Å². The van der Waals surface area contributed by atoms with Crippen molar-refractivity contribution in [1.29, 1.82) is 0 Å². The van der Waals surface area contributed by atoms with Gasteiger partial charge in [0.25, 0.3) is 0 Å². The summed E-state index contributed by atoms with van der Waals surface area (Å²) in [6, 6.07) is 0. The molecule has 1 fully saturated rings. The Morgan fingerprint density at radius 1 is 0.769 bits per heavy atom. The summed E-state index contributed by atoms with van der Waals surface area (Å²) in [5.74, 6) is 0. The second-order valence-electron chi connectivity index (χ2n) is 6.25. The van der Waals surface area contributed by atoms with Crippen LogP contribution in [0.1, 0.15) is 54.4 Å². The van der Waals surface area contributed by atoms with E-state index in [1.54, 1.807) is 0 Å². The first-order chi connectivity index (χ1) is 5.12. The molecule has 1 heterocycles. The molecular weight excluding hydrogens is 235 g/mol. The van der Waals surface area contributed by atoms with Crippen molar-refractivity contribution >= 4 is 0 Å². The van der Waals surface area contributed by atoms with Gasteiger partial charge in [0.1, 0.15) is 0 Å². The van der Waals surface area contributed by atoms with Crippen LogP contribution in [0.15, 0.2) is 0 Å². The van der Waals surface area contributed by atoms with Gasteiger partial charge in [0.15, 0.2) is 0 Å². The molecule has 1 saturated heterocycles. The fraction of sp³-hybridized carbons (Fsp3) is 1.00. The summed E-state index contributed by atoms with van der Waals surface area (Å²) < 4.78 is 0. The van der Waals surface area contributed by atoms with Crippen LogP contribution >= 0.6 is 0 Å². The molecule has 0 unspecified atom stereocenters. The Balaban J connectivity index is 0.00000144. The van der Waals surface area contributed by atoms with Gasteiger partial charge in [0.05, 0.1) is 0 Å². The Bertz CT molecular complexity index is 137. The van der Waals surface area contributed by atoms with E-state index < -0.39 is 0 Å². The predicted octanol–water partition coefficient (Wildman–Crippen LogP) is 3.73. The molecule has 1 aliphatic heterocycles. The van der Waals surface area contributed by atoms with E-state index in [1.165, 1.54) is 12.8 Å². The van der Waals surface area contributed by atoms with Crippen LogP contribution in [0.25, 0.3) is 5.32 Å². The van der Waals surface area contributed by atoms with E-state index in [9.17, 15) is 0 Å². The van der Waals surface area contributed by atoms with E-state index in [-0.39, 0.29) is 43.8 Å². The Morgan fingerprint density at radius 3 is 1.31 bits per heavy atom. The molecule has 0 saturated carbocycles. The van der Waals surface area contributed by atoms with Crippen LogP contribution in [0.2, 0.25) is 0 Å². The maximum Gasteiger partial charge on any atom is 0 e. The summed E-state index contributed by atoms with van der Waals surface area (Å²) >= 11 is 0. The average Bonchev–Trinajstić information content (AvgIpc) is 1.44. The smallest absolute Gasteiger partial charge is 0 e. The molecule has 1 aliphatic rings. The molecule has 0 N–H and O–H groups in total. The summed E-state index contributed by atoms with van der Waals surface area (Å²) in [5.41, 5.74) is 0.797. The van der Waals surface area contributed by atoms with Crippen LogP contribution in [-0.4, -0.2) is 11.1 Å². The molecule has 0 spiro atoms. The number of rotatable bonds is 0. The second-order valence-corrected chi connectivity index (χ2v) is 6.25. The zero-order chi connectivity index (χ0) is 9.62. The van der Waals surface area contributed by atoms with Crippen molar-refractivity contribution in [1.82, 2.24) is 0 Å². The Labute approximate surface area is 108 Å². The molecule has 2 heteroatoms. The molecule has 1 nitrogen and oxygen atoms in total. The van der Waals surface area contributed by atoms with Crippen molar-refractivity contribution in [3.05, 3.63) is 5.32 Å². The summed E-state index contributed by atoms with van der Waals surface area (Å²) in [6.07, 6.45) is 2.42. The first-order valence-corrected chi connectivity index (χ1v) is 4.86. The van der Waals surface area contributed by atoms with E-state index in [0.717, 1.165) is 0 Å². The number of hydrogen-bond acceptors (Lipinski definition) is 0. The predicted molar refractivity (Wildman–Crippen MR) is 54.5 cm³/mol. The second kappa shape index (κ2) is 3.91. The minimum atomic E-state index is 0. The van der Waals surface area contributed by atoms with Crippen LogP contribution < -0.4 is 0 Å². The SMILES string of the molecule is CC1(C)CC(C)(C)[N-]C(C)(C)C1.[Y]. The molecule has 13 heavy (non-hydrogen) atoms. The van der Waals surface area contributed by atoms with Crippen LogP contribution in [0.5, 0.6) is 0 Å². The third kappa shape index (κ3) is 4.40. The Kier molecular flexibility index (Phi) is 4.23. The van der Waals surface area contributed by atoms with E-state index in [1.807, 2.05) is 0 Å². The van der Waals surface area contributed by atoms with Crippen molar-refractivity contribution in [3.8, 4) is 0 Å². The zero-order valence-electron chi connectivity index (χ0n) is 9.94. The maximum absolute atomic E-state index is 4.84. The molecule has 0 aromatic carbocycles. The largest absolute Gasteiger partial charge is 0.652 e. The Morgan fingerprint density at radius 2 is 1.08 bits per heavy atom. The van der Waals surface area contributed by atoms with Gasteiger partial charge in [-0.2, -0.15) is 0 Å². The summed E-state index contributed by atoms with van der Waals surface area (Å²) in [6.45, 7) is 13.7. The Hall–Kier alpha value is 1.06. The first kappa shape index (κ1) is 14.1. The van der Waals surface area contributed by atoms with Crippen LogP contribution in [-0.2, 0) is 32.7 Å². The minimum Gasteiger partial charge on any atom is -0.652 e. The maximum atomic E-state index is 4.84. The quantitative estimate of drug-likeness (QED) is 0.627. The normalized spacial score (nSPS) is 29.1. The van der Waals surface area contributed by atoms with Gasteiger partial charge < -0.3 is 5.32 Å². The van der Waals surface area contributed by atoms with Gasteiger partial charge in [0.2, 0.25) is 0 Å². The fourth-order valence-electron chi connectivity index (χ4n) is 3.30. The molecule has 0 aromatic heterocycles. The van der Waals surface area contributed by atoms with Gasteiger partial charge in [-0.25, -0.2) is 0 Å². The topological polar surface area (TPSA) is 14.1 Å². The molecule has 0 bridgehead atoms. The van der Waals surface area contributed by atoms with Crippen LogP contribution in [0.4, 0.5) is 0 Å². The number of hydrogen-bond donors (Lipinski definition) is 0. The van der Waals surface area contributed by atoms with Gasteiger partial charge in [-0.15, -0.1) is 11.1 Å². The molecule has 75 valence electrons. The van der Waals surface area contributed by atoms with Crippen molar-refractivity contribution < 1.29 is 32.7 Å². The van der Waals surface area contributed by atoms with E-state index in [2.05, 4.69) is 41.5 Å². The summed E-state index contributed by atoms with van der Waals surface area (Å²) in [5, 5.41) is 4.84. The average molecular weight is 257 g/mol. The molecule has 0 atom stereocenters. The van der Waals surface area contributed by atoms with Crippen molar-refractivity contribution in [2.75, 3.05) is 0 Å². The zero-order valence-corrected chi connectivity index (χ0v) is 12.8. The number of nitrogens with zero attached hydrogens (tertiary/aromatic N) is 1.